The van der Waals surface area contributed by atoms with Gasteiger partial charge in [-0.05, 0) is 13.0 Å². The molecule has 0 atom stereocenters. The van der Waals surface area contributed by atoms with Gasteiger partial charge in [-0.3, -0.25) is 4.68 Å². The summed E-state index contributed by atoms with van der Waals surface area (Å²) in [6, 6.07) is 1.51. The predicted molar refractivity (Wildman–Crippen MR) is 63.7 cm³/mol. The number of hydrogen-bond donors (Lipinski definition) is 1. The molecule has 2 aromatic rings. The Morgan fingerprint density at radius 3 is 2.89 bits per heavy atom. The van der Waals surface area contributed by atoms with Crippen molar-refractivity contribution in [2.75, 3.05) is 12.0 Å². The molecule has 0 radical (unpaired) electrons. The number of aromatic nitrogens is 4. The Labute approximate surface area is 108 Å². The lowest BCUT2D eigenvalue weighted by Crippen LogP contribution is -2.10. The fraction of sp³-hybridized carbons (Fsp3) is 0.455. The van der Waals surface area contributed by atoms with Crippen LogP contribution >= 0.6 is 0 Å². The van der Waals surface area contributed by atoms with E-state index in [0.717, 1.165) is 5.56 Å². The molecule has 104 valence electrons. The topological polar surface area (TPSA) is 47.7 Å². The molecule has 0 unspecified atom stereocenters. The van der Waals surface area contributed by atoms with Crippen LogP contribution in [0.3, 0.4) is 0 Å². The van der Waals surface area contributed by atoms with Crippen LogP contribution in [0.4, 0.5) is 19.0 Å². The average Bonchev–Trinajstić information content (AvgIpc) is 2.94. The van der Waals surface area contributed by atoms with E-state index >= 15 is 0 Å². The maximum atomic E-state index is 12.6. The van der Waals surface area contributed by atoms with Crippen LogP contribution in [0.15, 0.2) is 18.5 Å². The number of nitrogens with zero attached hydrogens (tertiary/aromatic N) is 4. The first-order valence-electron chi connectivity index (χ1n) is 5.76. The summed E-state index contributed by atoms with van der Waals surface area (Å²) in [5.41, 5.74) is 1.19. The predicted octanol–water partition coefficient (Wildman–Crippen LogP) is 2.36. The molecule has 0 aliphatic rings. The van der Waals surface area contributed by atoms with Crippen LogP contribution in [0.1, 0.15) is 17.8 Å². The molecule has 19 heavy (non-hydrogen) atoms. The van der Waals surface area contributed by atoms with E-state index in [-0.39, 0.29) is 13.1 Å². The highest BCUT2D eigenvalue weighted by Crippen LogP contribution is 2.15. The van der Waals surface area contributed by atoms with E-state index in [1.54, 1.807) is 6.20 Å². The second-order valence-corrected chi connectivity index (χ2v) is 4.01. The number of halogens is 3. The SMILES string of the molecule is Cc1cn(CCF)nc1NCc1ccnn1C(F)F. The van der Waals surface area contributed by atoms with Crippen molar-refractivity contribution in [3.05, 3.63) is 29.7 Å². The fourth-order valence-electron chi connectivity index (χ4n) is 1.73. The van der Waals surface area contributed by atoms with Gasteiger partial charge >= 0.3 is 6.55 Å². The Morgan fingerprint density at radius 2 is 2.21 bits per heavy atom. The zero-order valence-electron chi connectivity index (χ0n) is 10.4. The zero-order valence-corrected chi connectivity index (χ0v) is 10.4. The molecule has 0 aliphatic heterocycles. The molecule has 0 aliphatic carbocycles. The summed E-state index contributed by atoms with van der Waals surface area (Å²) in [7, 11) is 0. The molecule has 1 N–H and O–H groups in total. The Morgan fingerprint density at radius 1 is 1.42 bits per heavy atom. The van der Waals surface area contributed by atoms with Gasteiger partial charge < -0.3 is 5.32 Å². The van der Waals surface area contributed by atoms with Crippen molar-refractivity contribution in [1.29, 1.82) is 0 Å². The number of rotatable bonds is 6. The monoisotopic (exact) mass is 273 g/mol. The van der Waals surface area contributed by atoms with E-state index < -0.39 is 13.2 Å². The van der Waals surface area contributed by atoms with E-state index in [4.69, 9.17) is 0 Å². The van der Waals surface area contributed by atoms with Gasteiger partial charge in [0.15, 0.2) is 5.82 Å². The minimum Gasteiger partial charge on any atom is -0.363 e. The molecule has 0 amide bonds. The van der Waals surface area contributed by atoms with Gasteiger partial charge in [0.2, 0.25) is 0 Å². The van der Waals surface area contributed by atoms with Gasteiger partial charge in [-0.1, -0.05) is 0 Å². The van der Waals surface area contributed by atoms with Gasteiger partial charge in [-0.2, -0.15) is 19.0 Å². The highest BCUT2D eigenvalue weighted by molar-refractivity contribution is 5.42. The smallest absolute Gasteiger partial charge is 0.333 e. The number of alkyl halides is 3. The third-order valence-electron chi connectivity index (χ3n) is 2.63. The quantitative estimate of drug-likeness (QED) is 0.879. The van der Waals surface area contributed by atoms with Gasteiger partial charge in [-0.15, -0.1) is 0 Å². The molecular formula is C11H14F3N5. The highest BCUT2D eigenvalue weighted by Gasteiger charge is 2.12. The largest absolute Gasteiger partial charge is 0.363 e. The summed E-state index contributed by atoms with van der Waals surface area (Å²) in [6.45, 7) is -1.00. The van der Waals surface area contributed by atoms with Crippen molar-refractivity contribution in [3.63, 3.8) is 0 Å². The Balaban J connectivity index is 2.04. The van der Waals surface area contributed by atoms with Crippen molar-refractivity contribution in [1.82, 2.24) is 19.6 Å². The molecular weight excluding hydrogens is 259 g/mol. The average molecular weight is 273 g/mol. The number of anilines is 1. The molecule has 0 fully saturated rings. The van der Waals surface area contributed by atoms with Crippen molar-refractivity contribution >= 4 is 5.82 Å². The number of aryl methyl sites for hydroxylation is 2. The van der Waals surface area contributed by atoms with Crippen molar-refractivity contribution in [2.24, 2.45) is 0 Å². The van der Waals surface area contributed by atoms with Gasteiger partial charge in [0.1, 0.15) is 6.67 Å². The number of hydrogen-bond acceptors (Lipinski definition) is 3. The fourth-order valence-corrected chi connectivity index (χ4v) is 1.73. The minimum absolute atomic E-state index is 0.178. The molecule has 0 spiro atoms. The van der Waals surface area contributed by atoms with E-state index in [1.807, 2.05) is 6.92 Å². The molecule has 0 saturated heterocycles. The molecule has 8 heteroatoms. The van der Waals surface area contributed by atoms with E-state index in [9.17, 15) is 13.2 Å². The molecule has 2 rings (SSSR count). The second kappa shape index (κ2) is 5.77. The van der Waals surface area contributed by atoms with Crippen LogP contribution < -0.4 is 5.32 Å². The first-order chi connectivity index (χ1) is 9.11. The van der Waals surface area contributed by atoms with Crippen LogP contribution in [0.25, 0.3) is 0 Å². The zero-order chi connectivity index (χ0) is 13.8. The minimum atomic E-state index is -2.67. The summed E-state index contributed by atoms with van der Waals surface area (Å²) in [5, 5.41) is 10.6. The van der Waals surface area contributed by atoms with E-state index in [2.05, 4.69) is 15.5 Å². The third kappa shape index (κ3) is 3.07. The molecule has 2 heterocycles. The maximum absolute atomic E-state index is 12.6. The van der Waals surface area contributed by atoms with Crippen LogP contribution in [-0.4, -0.2) is 26.2 Å². The molecule has 0 aromatic carbocycles. The van der Waals surface area contributed by atoms with Gasteiger partial charge in [0, 0.05) is 18.0 Å². The van der Waals surface area contributed by atoms with E-state index in [0.29, 0.717) is 16.2 Å². The third-order valence-corrected chi connectivity index (χ3v) is 2.63. The normalized spacial score (nSPS) is 11.2. The summed E-state index contributed by atoms with van der Waals surface area (Å²) in [5.74, 6) is 0.551. The second-order valence-electron chi connectivity index (χ2n) is 4.01. The van der Waals surface area contributed by atoms with Crippen molar-refractivity contribution < 1.29 is 13.2 Å². The first kappa shape index (κ1) is 13.4. The van der Waals surface area contributed by atoms with E-state index in [1.165, 1.54) is 16.9 Å². The summed E-state index contributed by atoms with van der Waals surface area (Å²) < 4.78 is 39.5. The maximum Gasteiger partial charge on any atom is 0.333 e. The van der Waals surface area contributed by atoms with Gasteiger partial charge in [-0.25, -0.2) is 9.07 Å². The van der Waals surface area contributed by atoms with Gasteiger partial charge in [0.05, 0.1) is 18.8 Å². The Hall–Kier alpha value is -1.99. The number of nitrogens with one attached hydrogen (secondary N) is 1. The molecule has 2 aromatic heterocycles. The Bertz CT molecular complexity index is 534. The van der Waals surface area contributed by atoms with Crippen molar-refractivity contribution in [3.8, 4) is 0 Å². The standard InChI is InChI=1S/C11H14F3N5/c1-8-7-18(5-3-12)17-10(8)15-6-9-2-4-16-19(9)11(13)14/h2,4,7,11H,3,5-6H2,1H3,(H,15,17). The lowest BCUT2D eigenvalue weighted by Gasteiger charge is -2.07. The highest BCUT2D eigenvalue weighted by atomic mass is 19.3. The van der Waals surface area contributed by atoms with Crippen LogP contribution in [0, 0.1) is 6.92 Å². The van der Waals surface area contributed by atoms with Crippen molar-refractivity contribution in [2.45, 2.75) is 26.6 Å². The van der Waals surface area contributed by atoms with Crippen LogP contribution in [0.2, 0.25) is 0 Å². The lowest BCUT2D eigenvalue weighted by molar-refractivity contribution is 0.0537. The summed E-state index contributed by atoms with van der Waals surface area (Å²) >= 11 is 0. The molecule has 5 nitrogen and oxygen atoms in total. The summed E-state index contributed by atoms with van der Waals surface area (Å²) in [4.78, 5) is 0. The van der Waals surface area contributed by atoms with Crippen LogP contribution in [0.5, 0.6) is 0 Å². The summed E-state index contributed by atoms with van der Waals surface area (Å²) in [6.07, 6.45) is 3.02. The molecule has 0 saturated carbocycles. The molecule has 0 bridgehead atoms. The Kier molecular flexibility index (Phi) is 4.08. The van der Waals surface area contributed by atoms with Gasteiger partial charge in [0.25, 0.3) is 0 Å². The first-order valence-corrected chi connectivity index (χ1v) is 5.76. The van der Waals surface area contributed by atoms with Crippen LogP contribution in [-0.2, 0) is 13.1 Å². The lowest BCUT2D eigenvalue weighted by atomic mass is 10.3.